The van der Waals surface area contributed by atoms with Crippen molar-refractivity contribution in [1.82, 2.24) is 26.3 Å². The van der Waals surface area contributed by atoms with Gasteiger partial charge in [-0.1, -0.05) is 18.2 Å². The Morgan fingerprint density at radius 1 is 1.03 bits per heavy atom. The van der Waals surface area contributed by atoms with Gasteiger partial charge in [-0.25, -0.2) is 4.79 Å². The molecule has 5 atom stereocenters. The van der Waals surface area contributed by atoms with E-state index >= 15 is 0 Å². The highest BCUT2D eigenvalue weighted by atomic mass is 16.4. The third-order valence-electron chi connectivity index (χ3n) is 6.16. The molecule has 1 aromatic carbocycles. The first-order chi connectivity index (χ1) is 17.6. The molecule has 3 rings (SSSR count). The van der Waals surface area contributed by atoms with E-state index in [4.69, 9.17) is 0 Å². The van der Waals surface area contributed by atoms with Crippen LogP contribution in [0.15, 0.2) is 30.5 Å². The highest BCUT2D eigenvalue weighted by Gasteiger charge is 2.34. The average Bonchev–Trinajstić information content (AvgIpc) is 3.51. The zero-order chi connectivity index (χ0) is 27.1. The number of amides is 3. The second-order valence-corrected chi connectivity index (χ2v) is 9.00. The molecule has 0 saturated carbocycles. The Hall–Kier alpha value is -3.97. The van der Waals surface area contributed by atoms with E-state index in [-0.39, 0.29) is 6.42 Å². The number of rotatable bonds is 12. The summed E-state index contributed by atoms with van der Waals surface area (Å²) in [6.07, 6.45) is 0.650. The molecule has 2 aromatic rings. The fourth-order valence-corrected chi connectivity index (χ4v) is 4.21. The van der Waals surface area contributed by atoms with Crippen LogP contribution in [0, 0.1) is 0 Å². The molecule has 3 amide bonds. The first kappa shape index (κ1) is 27.6. The van der Waals surface area contributed by atoms with Gasteiger partial charge in [-0.05, 0) is 37.9 Å². The van der Waals surface area contributed by atoms with E-state index < -0.39 is 66.4 Å². The maximum absolute atomic E-state index is 12.9. The standard InChI is InChI=1S/C24H31N5O8/c1-12(30)20(29-21(33)16-7-4-8-25-16)23(35)27-17(10-19(31)32)22(34)28-18(24(36)37)9-13-11-26-15-6-3-2-5-14(13)15/h2-3,5-6,11-12,16-18,20,25-26,30H,4,7-10H2,1H3,(H,27,35)(H,28,34)(H,29,33)(H,31,32)(H,36,37). The summed E-state index contributed by atoms with van der Waals surface area (Å²) in [6.45, 7) is 1.90. The van der Waals surface area contributed by atoms with Gasteiger partial charge < -0.3 is 41.6 Å². The lowest BCUT2D eigenvalue weighted by atomic mass is 10.0. The van der Waals surface area contributed by atoms with E-state index in [1.54, 1.807) is 18.3 Å². The van der Waals surface area contributed by atoms with Crippen LogP contribution in [0.25, 0.3) is 10.9 Å². The van der Waals surface area contributed by atoms with Gasteiger partial charge in [0.1, 0.15) is 18.1 Å². The van der Waals surface area contributed by atoms with Gasteiger partial charge in [0.2, 0.25) is 17.7 Å². The molecule has 0 bridgehead atoms. The van der Waals surface area contributed by atoms with Gasteiger partial charge in [-0.2, -0.15) is 0 Å². The van der Waals surface area contributed by atoms with Crippen LogP contribution in [0.1, 0.15) is 31.7 Å². The molecule has 13 heteroatoms. The summed E-state index contributed by atoms with van der Waals surface area (Å²) in [5.41, 5.74) is 1.41. The van der Waals surface area contributed by atoms with Crippen molar-refractivity contribution in [2.75, 3.05) is 6.54 Å². The minimum Gasteiger partial charge on any atom is -0.481 e. The van der Waals surface area contributed by atoms with Crippen LogP contribution in [0.4, 0.5) is 0 Å². The van der Waals surface area contributed by atoms with Crippen molar-refractivity contribution in [2.24, 2.45) is 0 Å². The largest absolute Gasteiger partial charge is 0.481 e. The van der Waals surface area contributed by atoms with E-state index in [1.807, 2.05) is 12.1 Å². The second-order valence-electron chi connectivity index (χ2n) is 9.00. The van der Waals surface area contributed by atoms with E-state index in [0.717, 1.165) is 17.3 Å². The SMILES string of the molecule is CC(O)C(NC(=O)C1CCCN1)C(=O)NC(CC(=O)O)C(=O)NC(Cc1c[nH]c2ccccc12)C(=O)O. The third kappa shape index (κ3) is 7.27. The number of carbonyl (C=O) groups excluding carboxylic acids is 3. The molecule has 0 spiro atoms. The number of aromatic amines is 1. The van der Waals surface area contributed by atoms with Crippen molar-refractivity contribution >= 4 is 40.6 Å². The predicted octanol–water partition coefficient (Wildman–Crippen LogP) is -1.14. The van der Waals surface area contributed by atoms with Crippen molar-refractivity contribution < 1.29 is 39.3 Å². The van der Waals surface area contributed by atoms with Crippen molar-refractivity contribution in [3.63, 3.8) is 0 Å². The summed E-state index contributed by atoms with van der Waals surface area (Å²) in [5.74, 6) is -5.29. The number of nitrogens with one attached hydrogen (secondary N) is 5. The van der Waals surface area contributed by atoms with E-state index in [1.165, 1.54) is 6.92 Å². The van der Waals surface area contributed by atoms with Crippen LogP contribution in [-0.2, 0) is 30.4 Å². The van der Waals surface area contributed by atoms with Crippen LogP contribution in [0.5, 0.6) is 0 Å². The Kier molecular flexibility index (Phi) is 9.20. The predicted molar refractivity (Wildman–Crippen MR) is 130 cm³/mol. The molecular formula is C24H31N5O8. The fourth-order valence-electron chi connectivity index (χ4n) is 4.21. The third-order valence-corrected chi connectivity index (χ3v) is 6.16. The van der Waals surface area contributed by atoms with Gasteiger partial charge in [-0.3, -0.25) is 19.2 Å². The van der Waals surface area contributed by atoms with Gasteiger partial charge in [0.25, 0.3) is 0 Å². The lowest BCUT2D eigenvalue weighted by Crippen LogP contribution is -2.60. The highest BCUT2D eigenvalue weighted by molar-refractivity contribution is 5.96. The maximum Gasteiger partial charge on any atom is 0.326 e. The Morgan fingerprint density at radius 2 is 1.73 bits per heavy atom. The number of hydrogen-bond donors (Lipinski definition) is 8. The number of carboxylic acids is 2. The van der Waals surface area contributed by atoms with Crippen molar-refractivity contribution in [3.8, 4) is 0 Å². The summed E-state index contributed by atoms with van der Waals surface area (Å²) in [7, 11) is 0. The number of aromatic nitrogens is 1. The minimum absolute atomic E-state index is 0.0976. The zero-order valence-electron chi connectivity index (χ0n) is 20.2. The minimum atomic E-state index is -1.66. The second kappa shape index (κ2) is 12.3. The molecule has 1 aliphatic rings. The number of para-hydroxylation sites is 1. The first-order valence-corrected chi connectivity index (χ1v) is 11.9. The Morgan fingerprint density at radius 3 is 2.35 bits per heavy atom. The van der Waals surface area contributed by atoms with Gasteiger partial charge in [0, 0.05) is 23.5 Å². The molecule has 0 aliphatic carbocycles. The summed E-state index contributed by atoms with van der Waals surface area (Å²) in [6, 6.07) is 2.14. The summed E-state index contributed by atoms with van der Waals surface area (Å²) < 4.78 is 0. The van der Waals surface area contributed by atoms with Crippen LogP contribution in [-0.4, -0.2) is 86.8 Å². The molecule has 1 aromatic heterocycles. The molecule has 1 fully saturated rings. The fraction of sp³-hybridized carbons (Fsp3) is 0.458. The summed E-state index contributed by atoms with van der Waals surface area (Å²) in [5, 5.41) is 39.7. The number of H-pyrrole nitrogens is 1. The van der Waals surface area contributed by atoms with Crippen molar-refractivity contribution in [2.45, 2.75) is 62.9 Å². The van der Waals surface area contributed by atoms with Crippen molar-refractivity contribution in [3.05, 3.63) is 36.0 Å². The number of aliphatic hydroxyl groups excluding tert-OH is 1. The number of aliphatic hydroxyl groups is 1. The molecular weight excluding hydrogens is 486 g/mol. The lowest BCUT2D eigenvalue weighted by Gasteiger charge is -2.26. The Labute approximate surface area is 212 Å². The van der Waals surface area contributed by atoms with Gasteiger partial charge >= 0.3 is 11.9 Å². The molecule has 8 N–H and O–H groups in total. The highest BCUT2D eigenvalue weighted by Crippen LogP contribution is 2.19. The number of carbonyl (C=O) groups is 5. The van der Waals surface area contributed by atoms with E-state index in [9.17, 15) is 39.3 Å². The molecule has 1 saturated heterocycles. The zero-order valence-corrected chi connectivity index (χ0v) is 20.2. The summed E-state index contributed by atoms with van der Waals surface area (Å²) in [4.78, 5) is 64.5. The quantitative estimate of drug-likeness (QED) is 0.171. The van der Waals surface area contributed by atoms with Gasteiger partial charge in [0.15, 0.2) is 0 Å². The number of fused-ring (bicyclic) bond motifs is 1. The van der Waals surface area contributed by atoms with Crippen LogP contribution >= 0.6 is 0 Å². The molecule has 13 nitrogen and oxygen atoms in total. The first-order valence-electron chi connectivity index (χ1n) is 11.9. The smallest absolute Gasteiger partial charge is 0.326 e. The lowest BCUT2D eigenvalue weighted by molar-refractivity contribution is -0.143. The molecule has 5 unspecified atom stereocenters. The van der Waals surface area contributed by atoms with Gasteiger partial charge in [0.05, 0.1) is 18.6 Å². The van der Waals surface area contributed by atoms with Crippen LogP contribution in [0.2, 0.25) is 0 Å². The normalized spacial score (nSPS) is 18.4. The van der Waals surface area contributed by atoms with Gasteiger partial charge in [-0.15, -0.1) is 0 Å². The van der Waals surface area contributed by atoms with E-state index in [2.05, 4.69) is 26.3 Å². The molecule has 2 heterocycles. The molecule has 0 radical (unpaired) electrons. The molecule has 200 valence electrons. The number of aliphatic carboxylic acids is 2. The topological polar surface area (TPSA) is 210 Å². The Balaban J connectivity index is 1.71. The van der Waals surface area contributed by atoms with Crippen LogP contribution in [0.3, 0.4) is 0 Å². The monoisotopic (exact) mass is 517 g/mol. The van der Waals surface area contributed by atoms with Crippen molar-refractivity contribution in [1.29, 1.82) is 0 Å². The van der Waals surface area contributed by atoms with E-state index in [0.29, 0.717) is 18.5 Å². The maximum atomic E-state index is 12.9. The Bertz CT molecular complexity index is 1160. The molecule has 1 aliphatic heterocycles. The number of benzene rings is 1. The average molecular weight is 518 g/mol. The summed E-state index contributed by atoms with van der Waals surface area (Å²) >= 11 is 0. The molecule has 37 heavy (non-hydrogen) atoms. The van der Waals surface area contributed by atoms with Crippen LogP contribution < -0.4 is 21.3 Å². The number of carboxylic acid groups (broad SMARTS) is 2. The number of hydrogen-bond acceptors (Lipinski definition) is 7.